The molecule has 0 saturated heterocycles. The van der Waals surface area contributed by atoms with Crippen LogP contribution in [0.15, 0.2) is 42.6 Å². The van der Waals surface area contributed by atoms with Gasteiger partial charge in [-0.2, -0.15) is 0 Å². The number of hydrogen-bond acceptors (Lipinski definition) is 6. The lowest BCUT2D eigenvalue weighted by Crippen LogP contribution is -2.21. The average Bonchev–Trinajstić information content (AvgIpc) is 3.05. The zero-order valence-electron chi connectivity index (χ0n) is 15.3. The van der Waals surface area contributed by atoms with Crippen LogP contribution in [0.3, 0.4) is 0 Å². The molecular weight excluding hydrogens is 362 g/mol. The van der Waals surface area contributed by atoms with Crippen LogP contribution in [0.1, 0.15) is 26.5 Å². The number of carbonyl (C=O) groups excluding carboxylic acids is 2. The van der Waals surface area contributed by atoms with Gasteiger partial charge in [0.1, 0.15) is 9.88 Å². The van der Waals surface area contributed by atoms with E-state index in [1.165, 1.54) is 11.3 Å². The van der Waals surface area contributed by atoms with E-state index >= 15 is 0 Å². The van der Waals surface area contributed by atoms with Crippen molar-refractivity contribution in [1.29, 1.82) is 0 Å². The molecule has 0 bridgehead atoms. The summed E-state index contributed by atoms with van der Waals surface area (Å²) in [5, 5.41) is 3.36. The first-order valence-electron chi connectivity index (χ1n) is 8.37. The van der Waals surface area contributed by atoms with E-state index in [1.807, 2.05) is 50.2 Å². The molecule has 0 aliphatic rings. The van der Waals surface area contributed by atoms with Gasteiger partial charge in [-0.3, -0.25) is 9.78 Å². The summed E-state index contributed by atoms with van der Waals surface area (Å²) in [6.45, 7) is 5.34. The monoisotopic (exact) mass is 381 g/mol. The summed E-state index contributed by atoms with van der Waals surface area (Å²) >= 11 is 1.20. The fourth-order valence-corrected chi connectivity index (χ4v) is 3.33. The Bertz CT molecular complexity index is 983. The van der Waals surface area contributed by atoms with Crippen molar-refractivity contribution < 1.29 is 14.3 Å². The molecule has 0 radical (unpaired) electrons. The first-order valence-corrected chi connectivity index (χ1v) is 9.19. The first kappa shape index (κ1) is 18.7. The quantitative estimate of drug-likeness (QED) is 0.677. The number of hydrogen-bond donors (Lipinski definition) is 1. The van der Waals surface area contributed by atoms with Crippen molar-refractivity contribution in [2.75, 3.05) is 11.9 Å². The molecular formula is C20H19N3O3S. The zero-order chi connectivity index (χ0) is 19.4. The summed E-state index contributed by atoms with van der Waals surface area (Å²) < 4.78 is 5.15. The third kappa shape index (κ3) is 4.57. The number of amides is 1. The van der Waals surface area contributed by atoms with Gasteiger partial charge in [0, 0.05) is 11.9 Å². The van der Waals surface area contributed by atoms with Crippen LogP contribution in [0.5, 0.6) is 0 Å². The van der Waals surface area contributed by atoms with E-state index in [0.717, 1.165) is 11.1 Å². The molecule has 1 aromatic carbocycles. The Balaban J connectivity index is 1.61. The third-order valence-corrected chi connectivity index (χ3v) is 5.15. The highest BCUT2D eigenvalue weighted by Gasteiger charge is 2.19. The van der Waals surface area contributed by atoms with Gasteiger partial charge in [-0.05, 0) is 56.2 Å². The Kier molecular flexibility index (Phi) is 5.61. The van der Waals surface area contributed by atoms with Gasteiger partial charge in [0.25, 0.3) is 5.91 Å². The van der Waals surface area contributed by atoms with Crippen molar-refractivity contribution in [3.63, 3.8) is 0 Å². The molecule has 0 atom stereocenters. The molecule has 0 aliphatic carbocycles. The van der Waals surface area contributed by atoms with Gasteiger partial charge in [0.05, 0.1) is 11.4 Å². The molecule has 0 fully saturated rings. The maximum atomic E-state index is 12.3. The van der Waals surface area contributed by atoms with Gasteiger partial charge in [-0.25, -0.2) is 9.78 Å². The van der Waals surface area contributed by atoms with E-state index in [4.69, 9.17) is 4.74 Å². The predicted octanol–water partition coefficient (Wildman–Crippen LogP) is 3.93. The molecule has 138 valence electrons. The van der Waals surface area contributed by atoms with Crippen LogP contribution in [0.4, 0.5) is 5.69 Å². The zero-order valence-corrected chi connectivity index (χ0v) is 16.1. The summed E-state index contributed by atoms with van der Waals surface area (Å²) in [5.74, 6) is -0.957. The maximum absolute atomic E-state index is 12.3. The number of benzene rings is 1. The van der Waals surface area contributed by atoms with Crippen molar-refractivity contribution in [1.82, 2.24) is 9.97 Å². The molecule has 0 spiro atoms. The fourth-order valence-electron chi connectivity index (χ4n) is 2.40. The first-order chi connectivity index (χ1) is 12.9. The Labute approximate surface area is 161 Å². The molecule has 0 aliphatic heterocycles. The molecule has 0 unspecified atom stereocenters. The highest BCUT2D eigenvalue weighted by molar-refractivity contribution is 7.17. The molecule has 2 heterocycles. The van der Waals surface area contributed by atoms with Crippen LogP contribution in [0.25, 0.3) is 10.7 Å². The van der Waals surface area contributed by atoms with E-state index in [-0.39, 0.29) is 6.61 Å². The summed E-state index contributed by atoms with van der Waals surface area (Å²) in [4.78, 5) is 33.3. The second-order valence-electron chi connectivity index (χ2n) is 6.07. The standard InChI is InChI=1S/C20H19N3O3S/c1-12-7-8-15(10-13(12)2)23-17(24)11-26-20(25)18-14(3)22-19(27-18)16-6-4-5-9-21-16/h4-10H,11H2,1-3H3,(H,23,24). The molecule has 3 rings (SSSR count). The molecule has 0 saturated carbocycles. The summed E-state index contributed by atoms with van der Waals surface area (Å²) in [6.07, 6.45) is 1.67. The van der Waals surface area contributed by atoms with Crippen molar-refractivity contribution in [3.8, 4) is 10.7 Å². The number of rotatable bonds is 5. The molecule has 1 amide bonds. The number of ether oxygens (including phenoxy) is 1. The summed E-state index contributed by atoms with van der Waals surface area (Å²) in [5.41, 5.74) is 4.14. The van der Waals surface area contributed by atoms with E-state index in [2.05, 4.69) is 15.3 Å². The predicted molar refractivity (Wildman–Crippen MR) is 105 cm³/mol. The fraction of sp³-hybridized carbons (Fsp3) is 0.200. The number of aromatic nitrogens is 2. The lowest BCUT2D eigenvalue weighted by Gasteiger charge is -2.08. The van der Waals surface area contributed by atoms with Crippen LogP contribution in [0.2, 0.25) is 0 Å². The molecule has 6 nitrogen and oxygen atoms in total. The lowest BCUT2D eigenvalue weighted by atomic mass is 10.1. The van der Waals surface area contributed by atoms with Gasteiger partial charge in [-0.15, -0.1) is 11.3 Å². The van der Waals surface area contributed by atoms with Crippen LogP contribution < -0.4 is 5.32 Å². The van der Waals surface area contributed by atoms with E-state index < -0.39 is 11.9 Å². The van der Waals surface area contributed by atoms with Gasteiger partial charge in [0.2, 0.25) is 0 Å². The molecule has 27 heavy (non-hydrogen) atoms. The Morgan fingerprint density at radius 2 is 1.93 bits per heavy atom. The molecule has 3 aromatic rings. The highest BCUT2D eigenvalue weighted by atomic mass is 32.1. The number of esters is 1. The van der Waals surface area contributed by atoms with Crippen molar-refractivity contribution >= 4 is 28.9 Å². The van der Waals surface area contributed by atoms with Crippen molar-refractivity contribution in [2.24, 2.45) is 0 Å². The van der Waals surface area contributed by atoms with Crippen LogP contribution in [-0.4, -0.2) is 28.5 Å². The van der Waals surface area contributed by atoms with Gasteiger partial charge in [-0.1, -0.05) is 12.1 Å². The number of thiazole rings is 1. The lowest BCUT2D eigenvalue weighted by molar-refractivity contribution is -0.119. The minimum atomic E-state index is -0.567. The van der Waals surface area contributed by atoms with E-state index in [0.29, 0.717) is 27.0 Å². The minimum absolute atomic E-state index is 0.359. The third-order valence-electron chi connectivity index (χ3n) is 3.99. The van der Waals surface area contributed by atoms with Crippen LogP contribution >= 0.6 is 11.3 Å². The molecule has 2 aromatic heterocycles. The van der Waals surface area contributed by atoms with Crippen molar-refractivity contribution in [3.05, 3.63) is 64.3 Å². The summed E-state index contributed by atoms with van der Waals surface area (Å²) in [6, 6.07) is 11.1. The Morgan fingerprint density at radius 3 is 2.63 bits per heavy atom. The topological polar surface area (TPSA) is 81.2 Å². The van der Waals surface area contributed by atoms with E-state index in [9.17, 15) is 9.59 Å². The van der Waals surface area contributed by atoms with Gasteiger partial charge in [0.15, 0.2) is 6.61 Å². The number of aryl methyl sites for hydroxylation is 3. The number of nitrogens with zero attached hydrogens (tertiary/aromatic N) is 2. The molecule has 7 heteroatoms. The number of nitrogens with one attached hydrogen (secondary N) is 1. The smallest absolute Gasteiger partial charge is 0.350 e. The number of carbonyl (C=O) groups is 2. The Morgan fingerprint density at radius 1 is 1.11 bits per heavy atom. The molecule has 1 N–H and O–H groups in total. The second kappa shape index (κ2) is 8.09. The van der Waals surface area contributed by atoms with Gasteiger partial charge < -0.3 is 10.1 Å². The van der Waals surface area contributed by atoms with Crippen molar-refractivity contribution in [2.45, 2.75) is 20.8 Å². The van der Waals surface area contributed by atoms with Crippen LogP contribution in [-0.2, 0) is 9.53 Å². The van der Waals surface area contributed by atoms with Gasteiger partial charge >= 0.3 is 5.97 Å². The highest BCUT2D eigenvalue weighted by Crippen LogP contribution is 2.26. The number of anilines is 1. The SMILES string of the molecule is Cc1ccc(NC(=O)COC(=O)c2sc(-c3ccccn3)nc2C)cc1C. The minimum Gasteiger partial charge on any atom is -0.451 e. The second-order valence-corrected chi connectivity index (χ2v) is 7.07. The van der Waals surface area contributed by atoms with Crippen LogP contribution in [0, 0.1) is 20.8 Å². The number of pyridine rings is 1. The average molecular weight is 381 g/mol. The normalized spacial score (nSPS) is 10.5. The Hall–Kier alpha value is -3.06. The maximum Gasteiger partial charge on any atom is 0.350 e. The largest absolute Gasteiger partial charge is 0.451 e. The van der Waals surface area contributed by atoms with E-state index in [1.54, 1.807) is 13.1 Å². The summed E-state index contributed by atoms with van der Waals surface area (Å²) in [7, 11) is 0.